The molecule has 36 heavy (non-hydrogen) atoms. The van der Waals surface area contributed by atoms with E-state index in [9.17, 15) is 0 Å². The predicted molar refractivity (Wildman–Crippen MR) is 145 cm³/mol. The molecular weight excluding hydrogens is 472 g/mol. The minimum Gasteiger partial charge on any atom is -0.455 e. The quantitative estimate of drug-likeness (QED) is 0.197. The number of hydrogen-bond donors (Lipinski definition) is 2. The van der Waals surface area contributed by atoms with Gasteiger partial charge in [0.05, 0.1) is 23.9 Å². The number of nitrogens with two attached hydrogens (primary N) is 1. The second-order valence-electron chi connectivity index (χ2n) is 8.98. The summed E-state index contributed by atoms with van der Waals surface area (Å²) in [5.74, 6) is 1.50. The second kappa shape index (κ2) is 12.9. The first-order valence-electron chi connectivity index (χ1n) is 12.7. The molecule has 192 valence electrons. The fraction of sp³-hybridized carbons (Fsp3) is 0.429. The summed E-state index contributed by atoms with van der Waals surface area (Å²) in [6.45, 7) is 8.90. The summed E-state index contributed by atoms with van der Waals surface area (Å²) in [6.07, 6.45) is 3.43. The average molecular weight is 509 g/mol. The van der Waals surface area contributed by atoms with Crippen molar-refractivity contribution in [2.24, 2.45) is 5.73 Å². The van der Waals surface area contributed by atoms with Crippen LogP contribution in [0.1, 0.15) is 41.6 Å². The number of aromatic nitrogens is 1. The van der Waals surface area contributed by atoms with Gasteiger partial charge in [-0.2, -0.15) is 0 Å². The molecule has 3 aromatic rings. The number of nitrogen functional groups attached to an aromatic ring is 1. The average Bonchev–Trinajstić information content (AvgIpc) is 3.27. The Kier molecular flexibility index (Phi) is 9.33. The van der Waals surface area contributed by atoms with Crippen molar-refractivity contribution in [3.8, 4) is 22.8 Å². The fourth-order valence-corrected chi connectivity index (χ4v) is 5.12. The molecule has 0 saturated carbocycles. The van der Waals surface area contributed by atoms with E-state index in [0.29, 0.717) is 11.3 Å². The molecule has 0 radical (unpaired) electrons. The van der Waals surface area contributed by atoms with Gasteiger partial charge in [0.25, 0.3) is 0 Å². The molecule has 0 bridgehead atoms. The lowest BCUT2D eigenvalue weighted by Gasteiger charge is -2.26. The molecule has 0 spiro atoms. The van der Waals surface area contributed by atoms with Crippen molar-refractivity contribution < 1.29 is 14.2 Å². The van der Waals surface area contributed by atoms with Crippen molar-refractivity contribution in [1.82, 2.24) is 9.88 Å². The summed E-state index contributed by atoms with van der Waals surface area (Å²) in [4.78, 5) is 8.62. The number of amidine groups is 1. The van der Waals surface area contributed by atoms with Gasteiger partial charge < -0.3 is 19.9 Å². The van der Waals surface area contributed by atoms with Gasteiger partial charge in [0.1, 0.15) is 17.3 Å². The monoisotopic (exact) mass is 508 g/mol. The summed E-state index contributed by atoms with van der Waals surface area (Å²) in [7, 11) is 0. The van der Waals surface area contributed by atoms with Crippen molar-refractivity contribution in [1.29, 1.82) is 5.41 Å². The van der Waals surface area contributed by atoms with Crippen molar-refractivity contribution in [3.05, 3.63) is 64.0 Å². The molecule has 1 saturated heterocycles. The minimum absolute atomic E-state index is 0.0416. The molecular formula is C28H36N4O3S. The van der Waals surface area contributed by atoms with Gasteiger partial charge in [0, 0.05) is 42.1 Å². The third kappa shape index (κ3) is 7.29. The maximum Gasteiger partial charge on any atom is 0.241 e. The van der Waals surface area contributed by atoms with Crippen LogP contribution in [-0.4, -0.2) is 54.9 Å². The van der Waals surface area contributed by atoms with Crippen LogP contribution in [0.2, 0.25) is 0 Å². The minimum atomic E-state index is -0.399. The molecule has 3 N–H and O–H groups in total. The molecule has 1 atom stereocenters. The van der Waals surface area contributed by atoms with Crippen molar-refractivity contribution in [2.75, 3.05) is 32.8 Å². The van der Waals surface area contributed by atoms with E-state index in [1.165, 1.54) is 4.88 Å². The number of aryl methyl sites for hydroxylation is 1. The Labute approximate surface area is 217 Å². The molecule has 1 unspecified atom stereocenters. The lowest BCUT2D eigenvalue weighted by atomic mass is 10.1. The van der Waals surface area contributed by atoms with Gasteiger partial charge in [-0.25, -0.2) is 4.98 Å². The standard InChI is InChI=1S/C28H36N4O3S/c1-3-4-5-26(35-24-12-8-22(9-13-24)28(29)30)34-23-10-6-21(7-11-23)27-25(36-20(2)31-27)14-15-32-16-18-33-19-17-32/h6-13,26H,3-5,14-19H2,1-2H3,(H3,29,30). The fourth-order valence-electron chi connectivity index (χ4n) is 4.17. The van der Waals surface area contributed by atoms with Crippen LogP contribution in [0.3, 0.4) is 0 Å². The molecule has 2 aromatic carbocycles. The molecule has 1 aromatic heterocycles. The molecule has 2 heterocycles. The van der Waals surface area contributed by atoms with Crippen LogP contribution in [-0.2, 0) is 11.2 Å². The maximum absolute atomic E-state index is 7.55. The van der Waals surface area contributed by atoms with Crippen LogP contribution < -0.4 is 15.2 Å². The number of thiazole rings is 1. The maximum atomic E-state index is 7.55. The van der Waals surface area contributed by atoms with Gasteiger partial charge in [-0.05, 0) is 68.3 Å². The first-order chi connectivity index (χ1) is 17.5. The summed E-state index contributed by atoms with van der Waals surface area (Å²) >= 11 is 1.78. The highest BCUT2D eigenvalue weighted by Crippen LogP contribution is 2.30. The third-order valence-electron chi connectivity index (χ3n) is 6.18. The highest BCUT2D eigenvalue weighted by atomic mass is 32.1. The van der Waals surface area contributed by atoms with E-state index in [1.807, 2.05) is 24.3 Å². The van der Waals surface area contributed by atoms with Gasteiger partial charge in [-0.15, -0.1) is 11.3 Å². The highest BCUT2D eigenvalue weighted by molar-refractivity contribution is 7.12. The smallest absolute Gasteiger partial charge is 0.241 e. The third-order valence-corrected chi connectivity index (χ3v) is 7.22. The van der Waals surface area contributed by atoms with E-state index < -0.39 is 6.29 Å². The largest absolute Gasteiger partial charge is 0.455 e. The van der Waals surface area contributed by atoms with Gasteiger partial charge in [0.15, 0.2) is 0 Å². The van der Waals surface area contributed by atoms with Crippen LogP contribution in [0.4, 0.5) is 0 Å². The van der Waals surface area contributed by atoms with E-state index >= 15 is 0 Å². The zero-order valence-electron chi connectivity index (χ0n) is 21.2. The number of nitrogens with zero attached hydrogens (tertiary/aromatic N) is 2. The molecule has 1 fully saturated rings. The molecule has 4 rings (SSSR count). The van der Waals surface area contributed by atoms with E-state index in [2.05, 4.69) is 30.9 Å². The van der Waals surface area contributed by atoms with Gasteiger partial charge in [0.2, 0.25) is 6.29 Å². The van der Waals surface area contributed by atoms with Crippen LogP contribution in [0, 0.1) is 12.3 Å². The molecule has 7 nitrogen and oxygen atoms in total. The molecule has 1 aliphatic heterocycles. The lowest BCUT2D eigenvalue weighted by molar-refractivity contribution is -0.00211. The highest BCUT2D eigenvalue weighted by Gasteiger charge is 2.16. The van der Waals surface area contributed by atoms with E-state index in [0.717, 1.165) is 80.5 Å². The summed E-state index contributed by atoms with van der Waals surface area (Å²) in [5, 5.41) is 8.64. The van der Waals surface area contributed by atoms with E-state index in [4.69, 9.17) is 30.3 Å². The summed E-state index contributed by atoms with van der Waals surface area (Å²) < 4.78 is 17.8. The Hall–Kier alpha value is -2.94. The number of benzene rings is 2. The second-order valence-corrected chi connectivity index (χ2v) is 10.3. The Balaban J connectivity index is 1.41. The zero-order valence-corrected chi connectivity index (χ0v) is 22.0. The van der Waals surface area contributed by atoms with Crippen LogP contribution >= 0.6 is 11.3 Å². The number of nitrogens with one attached hydrogen (secondary N) is 1. The number of morpholine rings is 1. The van der Waals surface area contributed by atoms with E-state index in [-0.39, 0.29) is 5.84 Å². The Morgan fingerprint density at radius 2 is 1.72 bits per heavy atom. The molecule has 0 amide bonds. The first kappa shape index (κ1) is 26.1. The van der Waals surface area contributed by atoms with Gasteiger partial charge in [-0.3, -0.25) is 10.3 Å². The van der Waals surface area contributed by atoms with Crippen LogP contribution in [0.15, 0.2) is 48.5 Å². The lowest BCUT2D eigenvalue weighted by Crippen LogP contribution is -2.37. The van der Waals surface area contributed by atoms with Crippen LogP contribution in [0.5, 0.6) is 11.5 Å². The van der Waals surface area contributed by atoms with Gasteiger partial charge >= 0.3 is 0 Å². The van der Waals surface area contributed by atoms with Crippen molar-refractivity contribution in [2.45, 2.75) is 45.8 Å². The molecule has 0 aliphatic carbocycles. The van der Waals surface area contributed by atoms with Crippen molar-refractivity contribution in [3.63, 3.8) is 0 Å². The number of unbranched alkanes of at least 4 members (excludes halogenated alkanes) is 1. The normalized spacial score (nSPS) is 14.9. The zero-order chi connectivity index (χ0) is 25.3. The van der Waals surface area contributed by atoms with Crippen molar-refractivity contribution >= 4 is 17.2 Å². The Morgan fingerprint density at radius 1 is 1.08 bits per heavy atom. The number of hydrogen-bond acceptors (Lipinski definition) is 7. The summed E-state index contributed by atoms with van der Waals surface area (Å²) in [6, 6.07) is 15.4. The number of rotatable bonds is 12. The SMILES string of the molecule is CCCCC(Oc1ccc(C(=N)N)cc1)Oc1ccc(-c2nc(C)sc2CCN2CCOCC2)cc1. The van der Waals surface area contributed by atoms with E-state index in [1.54, 1.807) is 23.5 Å². The number of ether oxygens (including phenoxy) is 3. The molecule has 8 heteroatoms. The topological polar surface area (TPSA) is 93.7 Å². The predicted octanol–water partition coefficient (Wildman–Crippen LogP) is 5.25. The Bertz CT molecular complexity index is 1110. The van der Waals surface area contributed by atoms with Crippen LogP contribution in [0.25, 0.3) is 11.3 Å². The van der Waals surface area contributed by atoms with Gasteiger partial charge in [-0.1, -0.05) is 13.3 Å². The Morgan fingerprint density at radius 3 is 2.33 bits per heavy atom. The summed E-state index contributed by atoms with van der Waals surface area (Å²) in [5.41, 5.74) is 8.40. The molecule has 1 aliphatic rings. The first-order valence-corrected chi connectivity index (χ1v) is 13.5.